The minimum atomic E-state index is -3.74. The molecule has 0 aliphatic rings. The number of unbranched alkanes of at least 4 members (excludes halogenated alkanes) is 12. The van der Waals surface area contributed by atoms with Crippen LogP contribution < -0.4 is 9.61 Å². The Morgan fingerprint density at radius 3 is 2.00 bits per heavy atom. The Morgan fingerprint density at radius 1 is 0.914 bits per heavy atom. The SMILES string of the molecule is CCCCCCCCC=CCCCCCCCCOC(=O)[C@H](C)NP(=O)(Cl)Oc1ccc(Cl)cc1. The molecule has 1 aromatic carbocycles. The molecule has 35 heavy (non-hydrogen) atoms. The summed E-state index contributed by atoms with van der Waals surface area (Å²) in [5, 5.41) is 3.04. The Balaban J connectivity index is 1.99. The van der Waals surface area contributed by atoms with Crippen molar-refractivity contribution in [3.8, 4) is 5.75 Å². The topological polar surface area (TPSA) is 64.6 Å². The molecular formula is C27H44Cl2NO4P. The fraction of sp³-hybridized carbons (Fsp3) is 0.667. The number of benzene rings is 1. The van der Waals surface area contributed by atoms with E-state index in [4.69, 9.17) is 32.1 Å². The molecule has 8 heteroatoms. The largest absolute Gasteiger partial charge is 0.465 e. The predicted octanol–water partition coefficient (Wildman–Crippen LogP) is 9.62. The zero-order valence-corrected chi connectivity index (χ0v) is 23.9. The first-order chi connectivity index (χ1) is 16.8. The molecule has 0 fully saturated rings. The van der Waals surface area contributed by atoms with Crippen LogP contribution in [0, 0.1) is 0 Å². The fourth-order valence-corrected chi connectivity index (χ4v) is 5.41. The minimum Gasteiger partial charge on any atom is -0.465 e. The van der Waals surface area contributed by atoms with Gasteiger partial charge in [-0.2, -0.15) is 0 Å². The summed E-state index contributed by atoms with van der Waals surface area (Å²) in [6.07, 6.45) is 21.9. The Hall–Kier alpha value is -1.00. The Labute approximate surface area is 222 Å². The van der Waals surface area contributed by atoms with Gasteiger partial charge in [0.2, 0.25) is 0 Å². The van der Waals surface area contributed by atoms with Crippen molar-refractivity contribution in [1.29, 1.82) is 0 Å². The van der Waals surface area contributed by atoms with E-state index in [0.717, 1.165) is 19.3 Å². The van der Waals surface area contributed by atoms with Crippen LogP contribution in [0.15, 0.2) is 36.4 Å². The lowest BCUT2D eigenvalue weighted by atomic mass is 10.1. The zero-order chi connectivity index (χ0) is 25.8. The number of carbonyl (C=O) groups excluding carboxylic acids is 1. The van der Waals surface area contributed by atoms with E-state index in [1.807, 2.05) is 0 Å². The zero-order valence-electron chi connectivity index (χ0n) is 21.5. The average molecular weight is 549 g/mol. The van der Waals surface area contributed by atoms with E-state index in [1.54, 1.807) is 31.2 Å². The second-order valence-electron chi connectivity index (χ2n) is 8.98. The molecule has 1 aromatic rings. The van der Waals surface area contributed by atoms with Crippen LogP contribution in [-0.4, -0.2) is 18.6 Å². The molecule has 1 unspecified atom stereocenters. The maximum absolute atomic E-state index is 12.4. The Bertz CT molecular complexity index is 758. The van der Waals surface area contributed by atoms with Gasteiger partial charge in [0, 0.05) is 16.3 Å². The molecule has 0 aliphatic heterocycles. The second-order valence-corrected chi connectivity index (χ2v) is 12.2. The number of halogens is 2. The van der Waals surface area contributed by atoms with Gasteiger partial charge in [-0.25, -0.2) is 9.65 Å². The van der Waals surface area contributed by atoms with E-state index in [0.29, 0.717) is 17.4 Å². The molecule has 0 amide bonds. The predicted molar refractivity (Wildman–Crippen MR) is 149 cm³/mol. The van der Waals surface area contributed by atoms with Crippen molar-refractivity contribution in [2.75, 3.05) is 6.61 Å². The van der Waals surface area contributed by atoms with Crippen molar-refractivity contribution in [3.63, 3.8) is 0 Å². The number of allylic oxidation sites excluding steroid dienone is 2. The molecule has 5 nitrogen and oxygen atoms in total. The smallest absolute Gasteiger partial charge is 0.409 e. The first kappa shape index (κ1) is 32.0. The molecule has 0 heterocycles. The second kappa shape index (κ2) is 20.1. The van der Waals surface area contributed by atoms with Gasteiger partial charge in [0.05, 0.1) is 6.61 Å². The van der Waals surface area contributed by atoms with Crippen molar-refractivity contribution in [2.24, 2.45) is 0 Å². The highest BCUT2D eigenvalue weighted by molar-refractivity contribution is 7.84. The van der Waals surface area contributed by atoms with Crippen molar-refractivity contribution in [2.45, 2.75) is 110 Å². The van der Waals surface area contributed by atoms with Gasteiger partial charge in [-0.15, -0.1) is 0 Å². The van der Waals surface area contributed by atoms with Crippen LogP contribution in [-0.2, 0) is 14.1 Å². The van der Waals surface area contributed by atoms with Gasteiger partial charge < -0.3 is 9.26 Å². The number of carbonyl (C=O) groups is 1. The highest BCUT2D eigenvalue weighted by Crippen LogP contribution is 2.48. The van der Waals surface area contributed by atoms with E-state index in [-0.39, 0.29) is 0 Å². The number of ether oxygens (including phenoxy) is 1. The Kier molecular flexibility index (Phi) is 18.4. The van der Waals surface area contributed by atoms with Crippen LogP contribution in [0.4, 0.5) is 0 Å². The minimum absolute atomic E-state index is 0.296. The third kappa shape index (κ3) is 18.0. The number of hydrogen-bond acceptors (Lipinski definition) is 4. The highest BCUT2D eigenvalue weighted by Gasteiger charge is 2.28. The maximum Gasteiger partial charge on any atom is 0.409 e. The third-order valence-electron chi connectivity index (χ3n) is 5.64. The standard InChI is InChI=1S/C27H44Cl2NO4P/c1-3-4-5-6-7-8-9-10-11-12-13-14-15-16-17-18-23-33-27(31)24(2)30-35(29,32)34-26-21-19-25(28)20-22-26/h10-11,19-22,24H,3-9,12-18,23H2,1-2H3,(H,30,32)/t24-,35?/m0/s1. The first-order valence-electron chi connectivity index (χ1n) is 13.2. The van der Waals surface area contributed by atoms with E-state index in [1.165, 1.54) is 70.6 Å². The molecule has 0 spiro atoms. The van der Waals surface area contributed by atoms with E-state index in [9.17, 15) is 9.36 Å². The van der Waals surface area contributed by atoms with Crippen LogP contribution in [0.3, 0.4) is 0 Å². The summed E-state index contributed by atoms with van der Waals surface area (Å²) in [5.74, 6) is -0.205. The number of rotatable bonds is 21. The molecule has 0 saturated heterocycles. The summed E-state index contributed by atoms with van der Waals surface area (Å²) in [4.78, 5) is 12.1. The van der Waals surface area contributed by atoms with Crippen LogP contribution in [0.25, 0.3) is 0 Å². The van der Waals surface area contributed by atoms with Crippen molar-refractivity contribution in [1.82, 2.24) is 5.09 Å². The average Bonchev–Trinajstić information content (AvgIpc) is 2.82. The normalized spacial score (nSPS) is 14.1. The van der Waals surface area contributed by atoms with Gasteiger partial charge in [-0.1, -0.05) is 88.5 Å². The van der Waals surface area contributed by atoms with E-state index in [2.05, 4.69) is 24.2 Å². The molecule has 200 valence electrons. The fourth-order valence-electron chi connectivity index (χ4n) is 3.59. The summed E-state index contributed by atoms with van der Waals surface area (Å²) in [5.41, 5.74) is 0. The number of hydrogen-bond donors (Lipinski definition) is 1. The molecule has 0 saturated carbocycles. The lowest BCUT2D eigenvalue weighted by molar-refractivity contribution is -0.145. The third-order valence-corrected chi connectivity index (χ3v) is 7.53. The maximum atomic E-state index is 12.4. The summed E-state index contributed by atoms with van der Waals surface area (Å²) < 4.78 is 22.9. The molecule has 2 atom stereocenters. The lowest BCUT2D eigenvalue weighted by Crippen LogP contribution is -2.33. The Morgan fingerprint density at radius 2 is 1.43 bits per heavy atom. The summed E-state index contributed by atoms with van der Waals surface area (Å²) in [6, 6.07) is 5.45. The van der Waals surface area contributed by atoms with E-state index < -0.39 is 18.9 Å². The lowest BCUT2D eigenvalue weighted by Gasteiger charge is -2.18. The van der Waals surface area contributed by atoms with Gasteiger partial charge >= 0.3 is 12.8 Å². The van der Waals surface area contributed by atoms with Crippen LogP contribution in [0.2, 0.25) is 5.02 Å². The quantitative estimate of drug-likeness (QED) is 0.0717. The number of nitrogens with one attached hydrogen (secondary N) is 1. The molecular weight excluding hydrogens is 504 g/mol. The highest BCUT2D eigenvalue weighted by atomic mass is 35.7. The summed E-state index contributed by atoms with van der Waals surface area (Å²) in [7, 11) is 0. The summed E-state index contributed by atoms with van der Waals surface area (Å²) in [6.45, 7) is 0.403. The molecule has 0 bridgehead atoms. The van der Waals surface area contributed by atoms with E-state index >= 15 is 0 Å². The number of esters is 1. The molecule has 1 N–H and O–H groups in total. The van der Waals surface area contributed by atoms with Crippen molar-refractivity contribution >= 4 is 35.7 Å². The van der Waals surface area contributed by atoms with Crippen LogP contribution in [0.5, 0.6) is 5.75 Å². The van der Waals surface area contributed by atoms with Gasteiger partial charge in [-0.3, -0.25) is 4.79 Å². The first-order valence-corrected chi connectivity index (χ1v) is 16.1. The molecule has 1 rings (SSSR count). The van der Waals surface area contributed by atoms with Gasteiger partial charge in [0.1, 0.15) is 11.8 Å². The van der Waals surface area contributed by atoms with Crippen molar-refractivity contribution < 1.29 is 18.6 Å². The summed E-state index contributed by atoms with van der Waals surface area (Å²) >= 11 is 11.7. The molecule has 0 radical (unpaired) electrons. The van der Waals surface area contributed by atoms with Crippen molar-refractivity contribution in [3.05, 3.63) is 41.4 Å². The van der Waals surface area contributed by atoms with Crippen LogP contribution >= 0.6 is 29.7 Å². The van der Waals surface area contributed by atoms with Gasteiger partial charge in [0.15, 0.2) is 0 Å². The van der Waals surface area contributed by atoms with Gasteiger partial charge in [-0.05, 0) is 63.3 Å². The van der Waals surface area contributed by atoms with Crippen LogP contribution in [0.1, 0.15) is 104 Å². The molecule has 0 aliphatic carbocycles. The van der Waals surface area contributed by atoms with Gasteiger partial charge in [0.25, 0.3) is 0 Å². The molecule has 0 aromatic heterocycles. The monoisotopic (exact) mass is 547 g/mol.